The zero-order valence-electron chi connectivity index (χ0n) is 10.8. The second-order valence-electron chi connectivity index (χ2n) is 4.97. The predicted molar refractivity (Wildman–Crippen MR) is 68.9 cm³/mol. The minimum absolute atomic E-state index is 0.850. The van der Waals surface area contributed by atoms with Crippen molar-refractivity contribution in [2.75, 3.05) is 6.54 Å². The van der Waals surface area contributed by atoms with Crippen molar-refractivity contribution in [3.05, 3.63) is 23.0 Å². The van der Waals surface area contributed by atoms with Crippen LogP contribution in [0.1, 0.15) is 43.1 Å². The minimum Gasteiger partial charge on any atom is -0.349 e. The largest absolute Gasteiger partial charge is 0.349 e. The van der Waals surface area contributed by atoms with E-state index in [0.29, 0.717) is 0 Å². The molecule has 16 heavy (non-hydrogen) atoms. The maximum atomic E-state index is 3.57. The van der Waals surface area contributed by atoms with Gasteiger partial charge in [0.25, 0.3) is 0 Å². The van der Waals surface area contributed by atoms with Gasteiger partial charge >= 0.3 is 0 Å². The third-order valence-corrected chi connectivity index (χ3v) is 3.63. The van der Waals surface area contributed by atoms with Crippen LogP contribution in [0, 0.1) is 13.8 Å². The molecule has 1 heterocycles. The van der Waals surface area contributed by atoms with Crippen LogP contribution >= 0.6 is 0 Å². The maximum absolute atomic E-state index is 3.57. The fourth-order valence-corrected chi connectivity index (χ4v) is 2.48. The Morgan fingerprint density at radius 2 is 2.12 bits per heavy atom. The molecule has 0 saturated heterocycles. The Hall–Kier alpha value is -0.760. The molecule has 1 aromatic rings. The summed E-state index contributed by atoms with van der Waals surface area (Å²) in [5, 5.41) is 3.57. The van der Waals surface area contributed by atoms with Crippen molar-refractivity contribution < 1.29 is 0 Å². The van der Waals surface area contributed by atoms with Gasteiger partial charge in [-0.3, -0.25) is 0 Å². The van der Waals surface area contributed by atoms with Crippen LogP contribution in [0.3, 0.4) is 0 Å². The molecule has 1 fully saturated rings. The van der Waals surface area contributed by atoms with Gasteiger partial charge in [0, 0.05) is 24.0 Å². The fourth-order valence-electron chi connectivity index (χ4n) is 2.48. The summed E-state index contributed by atoms with van der Waals surface area (Å²) in [6, 6.07) is 3.21. The quantitative estimate of drug-likeness (QED) is 0.729. The van der Waals surface area contributed by atoms with E-state index in [9.17, 15) is 0 Å². The third kappa shape index (κ3) is 2.67. The molecule has 0 spiro atoms. The van der Waals surface area contributed by atoms with E-state index in [4.69, 9.17) is 0 Å². The lowest BCUT2D eigenvalue weighted by molar-refractivity contribution is 0.642. The van der Waals surface area contributed by atoms with Crippen LogP contribution < -0.4 is 5.32 Å². The molecule has 0 bridgehead atoms. The summed E-state index contributed by atoms with van der Waals surface area (Å²) in [7, 11) is 0. The SMILES string of the molecule is CCn1c(C)cc(CCCNC2CC2)c1C. The first-order valence-electron chi connectivity index (χ1n) is 6.61. The summed E-state index contributed by atoms with van der Waals surface area (Å²) >= 11 is 0. The molecule has 0 aliphatic heterocycles. The van der Waals surface area contributed by atoms with Gasteiger partial charge in [0.05, 0.1) is 0 Å². The van der Waals surface area contributed by atoms with Gasteiger partial charge in [-0.25, -0.2) is 0 Å². The summed E-state index contributed by atoms with van der Waals surface area (Å²) in [6.07, 6.45) is 5.28. The molecule has 0 radical (unpaired) electrons. The molecule has 1 aromatic heterocycles. The van der Waals surface area contributed by atoms with Crippen molar-refractivity contribution in [1.82, 2.24) is 9.88 Å². The van der Waals surface area contributed by atoms with E-state index in [0.717, 1.165) is 12.6 Å². The molecule has 0 amide bonds. The topological polar surface area (TPSA) is 17.0 Å². The first-order valence-corrected chi connectivity index (χ1v) is 6.61. The van der Waals surface area contributed by atoms with Crippen molar-refractivity contribution in [1.29, 1.82) is 0 Å². The van der Waals surface area contributed by atoms with Crippen LogP contribution in [0.4, 0.5) is 0 Å². The second-order valence-corrected chi connectivity index (χ2v) is 4.97. The molecule has 1 aliphatic carbocycles. The van der Waals surface area contributed by atoms with Crippen molar-refractivity contribution in [2.45, 2.75) is 59.0 Å². The van der Waals surface area contributed by atoms with Crippen LogP contribution in [0.15, 0.2) is 6.07 Å². The Labute approximate surface area is 99.0 Å². The van der Waals surface area contributed by atoms with Gasteiger partial charge in [-0.1, -0.05) is 0 Å². The summed E-state index contributed by atoms with van der Waals surface area (Å²) in [6.45, 7) is 8.96. The number of aromatic nitrogens is 1. The monoisotopic (exact) mass is 220 g/mol. The third-order valence-electron chi connectivity index (χ3n) is 3.63. The Morgan fingerprint density at radius 3 is 2.69 bits per heavy atom. The lowest BCUT2D eigenvalue weighted by Gasteiger charge is -2.06. The van der Waals surface area contributed by atoms with Gasteiger partial charge < -0.3 is 9.88 Å². The zero-order chi connectivity index (χ0) is 11.5. The summed E-state index contributed by atoms with van der Waals surface area (Å²) in [5.74, 6) is 0. The average Bonchev–Trinajstić information content (AvgIpc) is 3.03. The normalized spacial score (nSPS) is 15.7. The lowest BCUT2D eigenvalue weighted by Crippen LogP contribution is -2.17. The fraction of sp³-hybridized carbons (Fsp3) is 0.714. The Morgan fingerprint density at radius 1 is 1.38 bits per heavy atom. The van der Waals surface area contributed by atoms with Crippen LogP contribution in [-0.2, 0) is 13.0 Å². The highest BCUT2D eigenvalue weighted by Gasteiger charge is 2.19. The smallest absolute Gasteiger partial charge is 0.0196 e. The molecule has 2 heteroatoms. The number of hydrogen-bond donors (Lipinski definition) is 1. The van der Waals surface area contributed by atoms with Gasteiger partial charge in [-0.05, 0) is 64.6 Å². The first kappa shape index (κ1) is 11.7. The molecule has 1 aliphatic rings. The number of nitrogens with zero attached hydrogens (tertiary/aromatic N) is 1. The van der Waals surface area contributed by atoms with Crippen molar-refractivity contribution >= 4 is 0 Å². The van der Waals surface area contributed by atoms with E-state index in [2.05, 4.69) is 36.7 Å². The highest BCUT2D eigenvalue weighted by Crippen LogP contribution is 2.19. The highest BCUT2D eigenvalue weighted by atomic mass is 15.0. The number of rotatable bonds is 6. The number of nitrogens with one attached hydrogen (secondary N) is 1. The second kappa shape index (κ2) is 5.05. The molecule has 1 saturated carbocycles. The van der Waals surface area contributed by atoms with E-state index < -0.39 is 0 Å². The van der Waals surface area contributed by atoms with Crippen molar-refractivity contribution in [2.24, 2.45) is 0 Å². The van der Waals surface area contributed by atoms with Gasteiger partial charge in [-0.15, -0.1) is 0 Å². The number of aryl methyl sites for hydroxylation is 2. The zero-order valence-corrected chi connectivity index (χ0v) is 10.8. The number of hydrogen-bond acceptors (Lipinski definition) is 1. The van der Waals surface area contributed by atoms with Gasteiger partial charge in [0.15, 0.2) is 0 Å². The molecule has 0 aromatic carbocycles. The van der Waals surface area contributed by atoms with Crippen LogP contribution in [0.25, 0.3) is 0 Å². The molecule has 1 N–H and O–H groups in total. The van der Waals surface area contributed by atoms with Gasteiger partial charge in [0.2, 0.25) is 0 Å². The van der Waals surface area contributed by atoms with Crippen LogP contribution in [0.5, 0.6) is 0 Å². The Bertz CT molecular complexity index is 348. The molecule has 90 valence electrons. The average molecular weight is 220 g/mol. The Balaban J connectivity index is 1.83. The molecule has 0 unspecified atom stereocenters. The summed E-state index contributed by atoms with van der Waals surface area (Å²) in [4.78, 5) is 0. The predicted octanol–water partition coefficient (Wildman–Crippen LogP) is 2.81. The van der Waals surface area contributed by atoms with Crippen molar-refractivity contribution in [3.8, 4) is 0 Å². The van der Waals surface area contributed by atoms with Crippen LogP contribution in [-0.4, -0.2) is 17.2 Å². The first-order chi connectivity index (χ1) is 7.72. The molecular weight excluding hydrogens is 196 g/mol. The summed E-state index contributed by atoms with van der Waals surface area (Å²) < 4.78 is 2.41. The van der Waals surface area contributed by atoms with Crippen molar-refractivity contribution in [3.63, 3.8) is 0 Å². The Kier molecular flexibility index (Phi) is 3.70. The molecule has 2 nitrogen and oxygen atoms in total. The highest BCUT2D eigenvalue weighted by molar-refractivity contribution is 5.26. The van der Waals surface area contributed by atoms with E-state index in [1.165, 1.54) is 49.2 Å². The van der Waals surface area contributed by atoms with Crippen LogP contribution in [0.2, 0.25) is 0 Å². The summed E-state index contributed by atoms with van der Waals surface area (Å²) in [5.41, 5.74) is 4.41. The lowest BCUT2D eigenvalue weighted by atomic mass is 10.1. The molecule has 2 rings (SSSR count). The molecule has 0 atom stereocenters. The standard InChI is InChI=1S/C14H24N2/c1-4-16-11(2)10-13(12(16)3)6-5-9-15-14-7-8-14/h10,14-15H,4-9H2,1-3H3. The molecular formula is C14H24N2. The van der Waals surface area contributed by atoms with E-state index in [1.807, 2.05) is 0 Å². The van der Waals surface area contributed by atoms with E-state index >= 15 is 0 Å². The van der Waals surface area contributed by atoms with E-state index in [1.54, 1.807) is 0 Å². The minimum atomic E-state index is 0.850. The maximum Gasteiger partial charge on any atom is 0.0196 e. The van der Waals surface area contributed by atoms with Gasteiger partial charge in [-0.2, -0.15) is 0 Å². The van der Waals surface area contributed by atoms with Gasteiger partial charge in [0.1, 0.15) is 0 Å². The van der Waals surface area contributed by atoms with E-state index in [-0.39, 0.29) is 0 Å².